The Bertz CT molecular complexity index is 982. The summed E-state index contributed by atoms with van der Waals surface area (Å²) in [7, 11) is 0. The number of aromatic nitrogens is 1. The standard InChI is InChI=1S/C24H25NO4/c1-2-3-8-23(26)21(24(27)28)14-17-9-11-20(12-10-17)29-16-18-13-19-6-4-5-7-22(19)25-15-18/h4-7,9-13,15,21H,2-3,8,14,16H2,1H3,(H,27,28). The minimum absolute atomic E-state index is 0.201. The van der Waals surface area contributed by atoms with Crippen LogP contribution in [0, 0.1) is 5.92 Å². The average molecular weight is 391 g/mol. The Morgan fingerprint density at radius 1 is 1.07 bits per heavy atom. The monoisotopic (exact) mass is 391 g/mol. The molecule has 5 heteroatoms. The zero-order valence-corrected chi connectivity index (χ0v) is 16.5. The van der Waals surface area contributed by atoms with E-state index in [-0.39, 0.29) is 12.2 Å². The number of hydrogen-bond donors (Lipinski definition) is 1. The van der Waals surface area contributed by atoms with Crippen molar-refractivity contribution < 1.29 is 19.4 Å². The van der Waals surface area contributed by atoms with Crippen molar-refractivity contribution in [2.45, 2.75) is 39.2 Å². The number of aliphatic carboxylic acids is 1. The van der Waals surface area contributed by atoms with Crippen molar-refractivity contribution in [2.75, 3.05) is 0 Å². The molecule has 0 saturated heterocycles. The number of benzene rings is 2. The maximum atomic E-state index is 12.2. The third kappa shape index (κ3) is 5.64. The Labute approximate surface area is 170 Å². The van der Waals surface area contributed by atoms with Gasteiger partial charge in [-0.3, -0.25) is 14.6 Å². The molecule has 0 aliphatic heterocycles. The van der Waals surface area contributed by atoms with Gasteiger partial charge in [0.15, 0.2) is 0 Å². The van der Waals surface area contributed by atoms with Crippen molar-refractivity contribution in [3.8, 4) is 5.75 Å². The number of unbranched alkanes of at least 4 members (excludes halogenated alkanes) is 1. The molecule has 0 aliphatic carbocycles. The molecule has 1 heterocycles. The van der Waals surface area contributed by atoms with Crippen molar-refractivity contribution in [2.24, 2.45) is 5.92 Å². The lowest BCUT2D eigenvalue weighted by atomic mass is 9.92. The molecule has 0 saturated carbocycles. The molecular weight excluding hydrogens is 366 g/mol. The number of para-hydroxylation sites is 1. The molecule has 1 atom stereocenters. The minimum Gasteiger partial charge on any atom is -0.489 e. The number of rotatable bonds is 10. The molecule has 2 aromatic carbocycles. The van der Waals surface area contributed by atoms with Crippen molar-refractivity contribution in [1.82, 2.24) is 4.98 Å². The molecule has 3 rings (SSSR count). The highest BCUT2D eigenvalue weighted by molar-refractivity contribution is 5.98. The Morgan fingerprint density at radius 3 is 2.55 bits per heavy atom. The molecule has 0 radical (unpaired) electrons. The Hall–Kier alpha value is -3.21. The van der Waals surface area contributed by atoms with E-state index in [1.807, 2.05) is 43.3 Å². The van der Waals surface area contributed by atoms with Gasteiger partial charge in [-0.15, -0.1) is 0 Å². The molecule has 0 fully saturated rings. The topological polar surface area (TPSA) is 76.5 Å². The van der Waals surface area contributed by atoms with Gasteiger partial charge >= 0.3 is 5.97 Å². The van der Waals surface area contributed by atoms with Gasteiger partial charge in [-0.2, -0.15) is 0 Å². The summed E-state index contributed by atoms with van der Waals surface area (Å²) in [5, 5.41) is 10.5. The first-order valence-electron chi connectivity index (χ1n) is 9.87. The molecule has 29 heavy (non-hydrogen) atoms. The largest absolute Gasteiger partial charge is 0.489 e. The number of carbonyl (C=O) groups excluding carboxylic acids is 1. The Morgan fingerprint density at radius 2 is 1.83 bits per heavy atom. The van der Waals surface area contributed by atoms with Gasteiger partial charge in [0.2, 0.25) is 0 Å². The molecule has 5 nitrogen and oxygen atoms in total. The number of carboxylic acid groups (broad SMARTS) is 1. The van der Waals surface area contributed by atoms with Crippen LogP contribution in [-0.2, 0) is 22.6 Å². The van der Waals surface area contributed by atoms with E-state index < -0.39 is 11.9 Å². The molecule has 1 unspecified atom stereocenters. The van der Waals surface area contributed by atoms with E-state index in [4.69, 9.17) is 4.74 Å². The van der Waals surface area contributed by atoms with Gasteiger partial charge in [-0.1, -0.05) is 43.7 Å². The van der Waals surface area contributed by atoms with Gasteiger partial charge in [0, 0.05) is 23.6 Å². The summed E-state index contributed by atoms with van der Waals surface area (Å²) in [6.45, 7) is 2.38. The van der Waals surface area contributed by atoms with Gasteiger partial charge in [-0.05, 0) is 42.7 Å². The van der Waals surface area contributed by atoms with Gasteiger partial charge in [0.25, 0.3) is 0 Å². The first-order valence-corrected chi connectivity index (χ1v) is 9.87. The van der Waals surface area contributed by atoms with Crippen LogP contribution in [0.1, 0.15) is 37.3 Å². The van der Waals surface area contributed by atoms with E-state index in [2.05, 4.69) is 11.1 Å². The maximum Gasteiger partial charge on any atom is 0.314 e. The fourth-order valence-corrected chi connectivity index (χ4v) is 3.18. The molecule has 150 valence electrons. The van der Waals surface area contributed by atoms with Crippen LogP contribution in [0.15, 0.2) is 60.8 Å². The predicted molar refractivity (Wildman–Crippen MR) is 112 cm³/mol. The summed E-state index contributed by atoms with van der Waals surface area (Å²) in [4.78, 5) is 28.1. The van der Waals surface area contributed by atoms with E-state index in [9.17, 15) is 14.7 Å². The number of ether oxygens (including phenoxy) is 1. The van der Waals surface area contributed by atoms with Crippen LogP contribution in [0.25, 0.3) is 10.9 Å². The van der Waals surface area contributed by atoms with Crippen molar-refractivity contribution >= 4 is 22.7 Å². The summed E-state index contributed by atoms with van der Waals surface area (Å²) in [5.41, 5.74) is 2.73. The highest BCUT2D eigenvalue weighted by Gasteiger charge is 2.25. The number of fused-ring (bicyclic) bond motifs is 1. The quantitative estimate of drug-likeness (QED) is 0.502. The predicted octanol–water partition coefficient (Wildman–Crippen LogP) is 4.82. The van der Waals surface area contributed by atoms with Crippen LogP contribution < -0.4 is 4.74 Å². The minimum atomic E-state index is -1.06. The molecule has 0 aliphatic rings. The molecule has 0 spiro atoms. The number of carboxylic acids is 1. The summed E-state index contributed by atoms with van der Waals surface area (Å²) in [6.07, 6.45) is 3.91. The van der Waals surface area contributed by atoms with E-state index in [1.165, 1.54) is 0 Å². The maximum absolute atomic E-state index is 12.2. The first-order chi connectivity index (χ1) is 14.1. The molecule has 1 aromatic heterocycles. The number of carbonyl (C=O) groups is 2. The molecule has 0 amide bonds. The number of pyridine rings is 1. The van der Waals surface area contributed by atoms with Crippen LogP contribution in [0.5, 0.6) is 5.75 Å². The fraction of sp³-hybridized carbons (Fsp3) is 0.292. The first kappa shape index (κ1) is 20.5. The molecule has 0 bridgehead atoms. The summed E-state index contributed by atoms with van der Waals surface area (Å²) >= 11 is 0. The normalized spacial score (nSPS) is 11.9. The van der Waals surface area contributed by atoms with Crippen LogP contribution >= 0.6 is 0 Å². The van der Waals surface area contributed by atoms with Crippen molar-refractivity contribution in [3.63, 3.8) is 0 Å². The van der Waals surface area contributed by atoms with E-state index in [0.29, 0.717) is 18.8 Å². The highest BCUT2D eigenvalue weighted by atomic mass is 16.5. The third-order valence-electron chi connectivity index (χ3n) is 4.88. The fourth-order valence-electron chi connectivity index (χ4n) is 3.18. The van der Waals surface area contributed by atoms with E-state index >= 15 is 0 Å². The summed E-state index contributed by atoms with van der Waals surface area (Å²) in [6, 6.07) is 17.2. The number of hydrogen-bond acceptors (Lipinski definition) is 4. The van der Waals surface area contributed by atoms with Crippen molar-refractivity contribution in [1.29, 1.82) is 0 Å². The number of Topliss-reactive ketones (excluding diaryl/α,β-unsaturated/α-hetero) is 1. The average Bonchev–Trinajstić information content (AvgIpc) is 2.74. The molecular formula is C24H25NO4. The second-order valence-electron chi connectivity index (χ2n) is 7.13. The highest BCUT2D eigenvalue weighted by Crippen LogP contribution is 2.19. The smallest absolute Gasteiger partial charge is 0.314 e. The van der Waals surface area contributed by atoms with Crippen LogP contribution in [0.4, 0.5) is 0 Å². The van der Waals surface area contributed by atoms with Gasteiger partial charge < -0.3 is 9.84 Å². The van der Waals surface area contributed by atoms with Crippen molar-refractivity contribution in [3.05, 3.63) is 71.9 Å². The SMILES string of the molecule is CCCCC(=O)C(Cc1ccc(OCc2cnc3ccccc3c2)cc1)C(=O)O. The van der Waals surface area contributed by atoms with E-state index in [1.54, 1.807) is 18.3 Å². The van der Waals surface area contributed by atoms with Crippen LogP contribution in [-0.4, -0.2) is 21.8 Å². The summed E-state index contributed by atoms with van der Waals surface area (Å²) in [5.74, 6) is -1.57. The van der Waals surface area contributed by atoms with Gasteiger partial charge in [0.1, 0.15) is 24.1 Å². The third-order valence-corrected chi connectivity index (χ3v) is 4.88. The molecule has 3 aromatic rings. The second kappa shape index (κ2) is 9.82. The van der Waals surface area contributed by atoms with Gasteiger partial charge in [0.05, 0.1) is 5.52 Å². The lowest BCUT2D eigenvalue weighted by Gasteiger charge is -2.12. The zero-order valence-electron chi connectivity index (χ0n) is 16.5. The second-order valence-corrected chi connectivity index (χ2v) is 7.13. The zero-order chi connectivity index (χ0) is 20.6. The Kier molecular flexibility index (Phi) is 6.95. The number of nitrogens with zero attached hydrogens (tertiary/aromatic N) is 1. The molecule has 1 N–H and O–H groups in total. The lowest BCUT2D eigenvalue weighted by molar-refractivity contribution is -0.146. The van der Waals surface area contributed by atoms with E-state index in [0.717, 1.165) is 34.9 Å². The van der Waals surface area contributed by atoms with Gasteiger partial charge in [-0.25, -0.2) is 0 Å². The van der Waals surface area contributed by atoms with Crippen LogP contribution in [0.3, 0.4) is 0 Å². The Balaban J connectivity index is 1.60. The van der Waals surface area contributed by atoms with Crippen LogP contribution in [0.2, 0.25) is 0 Å². The summed E-state index contributed by atoms with van der Waals surface area (Å²) < 4.78 is 5.83. The number of ketones is 1. The lowest BCUT2D eigenvalue weighted by Crippen LogP contribution is -2.25.